The maximum absolute atomic E-state index is 14.7. The van der Waals surface area contributed by atoms with Crippen LogP contribution in [-0.4, -0.2) is 63.1 Å². The summed E-state index contributed by atoms with van der Waals surface area (Å²) in [6.07, 6.45) is 6.92. The van der Waals surface area contributed by atoms with Gasteiger partial charge in [-0.1, -0.05) is 24.3 Å². The van der Waals surface area contributed by atoms with Crippen molar-refractivity contribution < 1.29 is 9.18 Å². The molecule has 228 valence electrons. The number of aromatic nitrogens is 5. The Kier molecular flexibility index (Phi) is 7.69. The predicted molar refractivity (Wildman–Crippen MR) is 181 cm³/mol. The van der Waals surface area contributed by atoms with Gasteiger partial charge in [0.2, 0.25) is 0 Å². The van der Waals surface area contributed by atoms with Gasteiger partial charge >= 0.3 is 0 Å². The van der Waals surface area contributed by atoms with Gasteiger partial charge in [0.05, 0.1) is 34.8 Å². The zero-order valence-electron chi connectivity index (χ0n) is 25.3. The molecule has 0 unspecified atom stereocenters. The second-order valence-electron chi connectivity index (χ2n) is 11.4. The standard InChI is InChI=1S/C36H31FN8O/c1-45(2)11-10-40-27-13-24(12-26(37)16-27)31-20-39-21-34-29(31)17-33(42-34)35-30-15-23(8-9-32(30)43-44-35)25-14-28(19-38-18-25)41-36(46)22-6-4-3-5-7-22/h3-9,12-21,40,42H,10-11H2,1-2H3,(H,41,46)(H,43,44). The number of benzene rings is 3. The van der Waals surface area contributed by atoms with Crippen LogP contribution in [0.5, 0.6) is 0 Å². The molecule has 0 bridgehead atoms. The van der Waals surface area contributed by atoms with E-state index in [2.05, 4.69) is 46.7 Å². The zero-order chi connectivity index (χ0) is 31.6. The fraction of sp³-hybridized carbons (Fsp3) is 0.111. The zero-order valence-corrected chi connectivity index (χ0v) is 25.3. The van der Waals surface area contributed by atoms with E-state index in [4.69, 9.17) is 0 Å². The summed E-state index contributed by atoms with van der Waals surface area (Å²) in [5.74, 6) is -0.517. The fourth-order valence-electron chi connectivity index (χ4n) is 5.54. The molecular formula is C36H31FN8O. The van der Waals surface area contributed by atoms with Crippen LogP contribution in [0.2, 0.25) is 0 Å². The van der Waals surface area contributed by atoms with Gasteiger partial charge in [0.15, 0.2) is 0 Å². The predicted octanol–water partition coefficient (Wildman–Crippen LogP) is 7.20. The van der Waals surface area contributed by atoms with Crippen molar-refractivity contribution in [2.45, 2.75) is 0 Å². The van der Waals surface area contributed by atoms with Gasteiger partial charge in [-0.05, 0) is 79.8 Å². The number of amides is 1. The first-order valence-corrected chi connectivity index (χ1v) is 14.9. The molecule has 0 spiro atoms. The Bertz CT molecular complexity index is 2190. The molecule has 0 saturated carbocycles. The SMILES string of the molecule is CN(C)CCNc1cc(F)cc(-c2cncc3[nH]c(-c4n[nH]c5ccc(-c6cncc(NC(=O)c7ccccc7)c6)cc45)cc23)c1. The third-order valence-electron chi connectivity index (χ3n) is 7.83. The molecular weight excluding hydrogens is 579 g/mol. The third-order valence-corrected chi connectivity index (χ3v) is 7.83. The van der Waals surface area contributed by atoms with Crippen LogP contribution in [0.3, 0.4) is 0 Å². The number of hydrogen-bond donors (Lipinski definition) is 4. The number of halogens is 1. The van der Waals surface area contributed by atoms with Crippen LogP contribution in [0.25, 0.3) is 55.4 Å². The number of nitrogens with one attached hydrogen (secondary N) is 4. The summed E-state index contributed by atoms with van der Waals surface area (Å²) in [4.78, 5) is 27.1. The van der Waals surface area contributed by atoms with Crippen molar-refractivity contribution in [3.05, 3.63) is 115 Å². The number of pyridine rings is 2. The van der Waals surface area contributed by atoms with E-state index in [1.54, 1.807) is 36.9 Å². The quantitative estimate of drug-likeness (QED) is 0.137. The molecule has 9 nitrogen and oxygen atoms in total. The highest BCUT2D eigenvalue weighted by atomic mass is 19.1. The lowest BCUT2D eigenvalue weighted by Gasteiger charge is -2.13. The molecule has 0 aliphatic heterocycles. The molecule has 10 heteroatoms. The Balaban J connectivity index is 1.21. The summed E-state index contributed by atoms with van der Waals surface area (Å²) in [5, 5.41) is 15.8. The highest BCUT2D eigenvalue weighted by Gasteiger charge is 2.16. The summed E-state index contributed by atoms with van der Waals surface area (Å²) in [6.45, 7) is 1.53. The minimum atomic E-state index is -0.318. The molecule has 0 saturated heterocycles. The molecule has 7 aromatic rings. The van der Waals surface area contributed by atoms with Crippen LogP contribution < -0.4 is 10.6 Å². The van der Waals surface area contributed by atoms with Gasteiger partial charge in [-0.15, -0.1) is 0 Å². The first kappa shape index (κ1) is 28.9. The number of nitrogens with zero attached hydrogens (tertiary/aromatic N) is 4. The van der Waals surface area contributed by atoms with E-state index >= 15 is 0 Å². The van der Waals surface area contributed by atoms with Gasteiger partial charge < -0.3 is 20.5 Å². The van der Waals surface area contributed by atoms with Crippen molar-refractivity contribution >= 4 is 39.1 Å². The fourth-order valence-corrected chi connectivity index (χ4v) is 5.54. The molecule has 0 fully saturated rings. The number of hydrogen-bond acceptors (Lipinski definition) is 6. The lowest BCUT2D eigenvalue weighted by molar-refractivity contribution is 0.102. The molecule has 4 aromatic heterocycles. The normalized spacial score (nSPS) is 11.4. The lowest BCUT2D eigenvalue weighted by Crippen LogP contribution is -2.20. The summed E-state index contributed by atoms with van der Waals surface area (Å²) in [5.41, 5.74) is 8.44. The van der Waals surface area contributed by atoms with Gasteiger partial charge in [-0.2, -0.15) is 5.10 Å². The first-order valence-electron chi connectivity index (χ1n) is 14.9. The Morgan fingerprint density at radius 2 is 1.63 bits per heavy atom. The highest BCUT2D eigenvalue weighted by molar-refractivity contribution is 6.05. The van der Waals surface area contributed by atoms with Gasteiger partial charge in [0.1, 0.15) is 11.5 Å². The third kappa shape index (κ3) is 5.93. The monoisotopic (exact) mass is 610 g/mol. The van der Waals surface area contributed by atoms with Gasteiger partial charge in [0, 0.05) is 58.6 Å². The highest BCUT2D eigenvalue weighted by Crippen LogP contribution is 2.36. The van der Waals surface area contributed by atoms with Crippen LogP contribution in [0.15, 0.2) is 104 Å². The average molecular weight is 611 g/mol. The van der Waals surface area contributed by atoms with Crippen molar-refractivity contribution in [3.63, 3.8) is 0 Å². The van der Waals surface area contributed by atoms with Crippen molar-refractivity contribution in [3.8, 4) is 33.6 Å². The summed E-state index contributed by atoms with van der Waals surface area (Å²) in [7, 11) is 4.00. The first-order chi connectivity index (χ1) is 22.4. The maximum Gasteiger partial charge on any atom is 0.255 e. The molecule has 3 aromatic carbocycles. The number of carbonyl (C=O) groups is 1. The van der Waals surface area contributed by atoms with Crippen LogP contribution >= 0.6 is 0 Å². The molecule has 1 amide bonds. The van der Waals surface area contributed by atoms with E-state index in [1.165, 1.54) is 12.1 Å². The molecule has 0 aliphatic rings. The smallest absolute Gasteiger partial charge is 0.255 e. The number of anilines is 2. The van der Waals surface area contributed by atoms with E-state index in [-0.39, 0.29) is 11.7 Å². The lowest BCUT2D eigenvalue weighted by atomic mass is 10.0. The largest absolute Gasteiger partial charge is 0.384 e. The number of likely N-dealkylation sites (N-methyl/N-ethyl adjacent to an activating group) is 1. The second kappa shape index (κ2) is 12.3. The van der Waals surface area contributed by atoms with Crippen LogP contribution in [-0.2, 0) is 0 Å². The van der Waals surface area contributed by atoms with Crippen LogP contribution in [0.1, 0.15) is 10.4 Å². The molecule has 0 radical (unpaired) electrons. The number of aromatic amines is 2. The topological polar surface area (TPSA) is 115 Å². The maximum atomic E-state index is 14.7. The van der Waals surface area contributed by atoms with E-state index in [1.807, 2.05) is 62.6 Å². The Labute approximate surface area is 264 Å². The molecule has 46 heavy (non-hydrogen) atoms. The number of fused-ring (bicyclic) bond motifs is 2. The Morgan fingerprint density at radius 3 is 2.48 bits per heavy atom. The molecule has 0 atom stereocenters. The van der Waals surface area contributed by atoms with Crippen LogP contribution in [0, 0.1) is 5.82 Å². The average Bonchev–Trinajstić information content (AvgIpc) is 3.69. The Hall–Kier alpha value is -5.87. The van der Waals surface area contributed by atoms with Gasteiger partial charge in [-0.25, -0.2) is 4.39 Å². The Morgan fingerprint density at radius 1 is 0.804 bits per heavy atom. The number of rotatable bonds is 9. The summed E-state index contributed by atoms with van der Waals surface area (Å²) in [6, 6.07) is 24.0. The van der Waals surface area contributed by atoms with Gasteiger partial charge in [-0.3, -0.25) is 19.9 Å². The molecule has 4 N–H and O–H groups in total. The molecule has 0 aliphatic carbocycles. The second-order valence-corrected chi connectivity index (χ2v) is 11.4. The van der Waals surface area contributed by atoms with Crippen molar-refractivity contribution in [2.75, 3.05) is 37.8 Å². The number of carbonyl (C=O) groups excluding carboxylic acids is 1. The van der Waals surface area contributed by atoms with Crippen molar-refractivity contribution in [1.82, 2.24) is 30.0 Å². The van der Waals surface area contributed by atoms with E-state index in [9.17, 15) is 9.18 Å². The molecule has 4 heterocycles. The van der Waals surface area contributed by atoms with E-state index in [0.29, 0.717) is 23.5 Å². The summed E-state index contributed by atoms with van der Waals surface area (Å²) < 4.78 is 14.7. The van der Waals surface area contributed by atoms with Crippen molar-refractivity contribution in [1.29, 1.82) is 0 Å². The minimum Gasteiger partial charge on any atom is -0.384 e. The van der Waals surface area contributed by atoms with E-state index < -0.39 is 0 Å². The molecule has 7 rings (SSSR count). The number of H-pyrrole nitrogens is 2. The van der Waals surface area contributed by atoms with Gasteiger partial charge in [0.25, 0.3) is 5.91 Å². The van der Waals surface area contributed by atoms with E-state index in [0.717, 1.165) is 62.0 Å². The van der Waals surface area contributed by atoms with Crippen LogP contribution in [0.4, 0.5) is 15.8 Å². The summed E-state index contributed by atoms with van der Waals surface area (Å²) >= 11 is 0. The van der Waals surface area contributed by atoms with Crippen molar-refractivity contribution in [2.24, 2.45) is 0 Å². The minimum absolute atomic E-state index is 0.199.